The van der Waals surface area contributed by atoms with Crippen molar-refractivity contribution in [3.05, 3.63) is 59.1 Å². The second-order valence-corrected chi connectivity index (χ2v) is 4.96. The molecule has 2 rings (SSSR count). The third-order valence-electron chi connectivity index (χ3n) is 2.53. The fourth-order valence-corrected chi connectivity index (χ4v) is 2.16. The van der Waals surface area contributed by atoms with Crippen LogP contribution >= 0.6 is 23.4 Å². The Kier molecular flexibility index (Phi) is 4.35. The van der Waals surface area contributed by atoms with E-state index in [0.29, 0.717) is 0 Å². The quantitative estimate of drug-likeness (QED) is 0.805. The van der Waals surface area contributed by atoms with Gasteiger partial charge in [0.1, 0.15) is 0 Å². The molecule has 88 valence electrons. The lowest BCUT2D eigenvalue weighted by Crippen LogP contribution is -1.99. The Bertz CT molecular complexity index is 482. The molecule has 2 aromatic carbocycles. The maximum Gasteiger partial charge on any atom is 0.0455 e. The van der Waals surface area contributed by atoms with E-state index in [2.05, 4.69) is 35.8 Å². The molecule has 0 heterocycles. The van der Waals surface area contributed by atoms with E-state index in [1.165, 1.54) is 4.90 Å². The Labute approximate surface area is 111 Å². The predicted molar refractivity (Wildman–Crippen MR) is 77.0 cm³/mol. The van der Waals surface area contributed by atoms with Crippen molar-refractivity contribution in [3.8, 4) is 0 Å². The molecular weight excluding hydrogens is 250 g/mol. The third-order valence-corrected chi connectivity index (χ3v) is 3.64. The molecule has 0 aromatic heterocycles. The number of halogens is 1. The topological polar surface area (TPSA) is 12.0 Å². The van der Waals surface area contributed by atoms with Gasteiger partial charge in [-0.25, -0.2) is 0 Å². The van der Waals surface area contributed by atoms with E-state index in [1.807, 2.05) is 24.3 Å². The molecule has 2 aromatic rings. The van der Waals surface area contributed by atoms with Gasteiger partial charge in [-0.2, -0.15) is 0 Å². The van der Waals surface area contributed by atoms with Crippen LogP contribution in [0.4, 0.5) is 5.69 Å². The summed E-state index contributed by atoms with van der Waals surface area (Å²) in [6, 6.07) is 16.3. The van der Waals surface area contributed by atoms with Gasteiger partial charge in [0.25, 0.3) is 0 Å². The summed E-state index contributed by atoms with van der Waals surface area (Å²) in [6.45, 7) is 0.748. The average Bonchev–Trinajstić information content (AvgIpc) is 2.38. The Morgan fingerprint density at radius 1 is 1.06 bits per heavy atom. The van der Waals surface area contributed by atoms with Crippen LogP contribution in [0.1, 0.15) is 5.56 Å². The SMILES string of the molecule is CSc1ccc(NCc2ccccc2Cl)cc1. The minimum Gasteiger partial charge on any atom is -0.381 e. The zero-order chi connectivity index (χ0) is 12.1. The fourth-order valence-electron chi connectivity index (χ4n) is 1.55. The Morgan fingerprint density at radius 2 is 1.76 bits per heavy atom. The van der Waals surface area contributed by atoms with Crippen LogP contribution in [0.3, 0.4) is 0 Å². The van der Waals surface area contributed by atoms with Gasteiger partial charge in [-0.05, 0) is 42.2 Å². The molecule has 0 aliphatic heterocycles. The number of anilines is 1. The number of hydrogen-bond donors (Lipinski definition) is 1. The molecule has 17 heavy (non-hydrogen) atoms. The summed E-state index contributed by atoms with van der Waals surface area (Å²) >= 11 is 7.84. The first-order valence-electron chi connectivity index (χ1n) is 5.41. The van der Waals surface area contributed by atoms with E-state index in [0.717, 1.165) is 22.8 Å². The van der Waals surface area contributed by atoms with Gasteiger partial charge in [0, 0.05) is 22.2 Å². The van der Waals surface area contributed by atoms with Crippen molar-refractivity contribution in [3.63, 3.8) is 0 Å². The lowest BCUT2D eigenvalue weighted by Gasteiger charge is -2.08. The standard InChI is InChI=1S/C14H14ClNS/c1-17-13-8-6-12(7-9-13)16-10-11-4-2-3-5-14(11)15/h2-9,16H,10H2,1H3. The van der Waals surface area contributed by atoms with Crippen molar-refractivity contribution in [2.75, 3.05) is 11.6 Å². The van der Waals surface area contributed by atoms with Gasteiger partial charge < -0.3 is 5.32 Å². The van der Waals surface area contributed by atoms with Crippen LogP contribution in [0.2, 0.25) is 5.02 Å². The summed E-state index contributed by atoms with van der Waals surface area (Å²) in [7, 11) is 0. The van der Waals surface area contributed by atoms with Gasteiger partial charge in [0.05, 0.1) is 0 Å². The number of nitrogens with one attached hydrogen (secondary N) is 1. The van der Waals surface area contributed by atoms with E-state index in [1.54, 1.807) is 11.8 Å². The zero-order valence-corrected chi connectivity index (χ0v) is 11.2. The van der Waals surface area contributed by atoms with Gasteiger partial charge in [-0.3, -0.25) is 0 Å². The van der Waals surface area contributed by atoms with Crippen molar-refractivity contribution in [1.29, 1.82) is 0 Å². The molecule has 0 fully saturated rings. The highest BCUT2D eigenvalue weighted by Crippen LogP contribution is 2.19. The second-order valence-electron chi connectivity index (χ2n) is 3.67. The van der Waals surface area contributed by atoms with Crippen LogP contribution in [0, 0.1) is 0 Å². The molecule has 0 spiro atoms. The van der Waals surface area contributed by atoms with Crippen molar-refractivity contribution in [1.82, 2.24) is 0 Å². The largest absolute Gasteiger partial charge is 0.381 e. The lowest BCUT2D eigenvalue weighted by molar-refractivity contribution is 1.15. The molecule has 0 amide bonds. The van der Waals surface area contributed by atoms with Crippen molar-refractivity contribution in [2.24, 2.45) is 0 Å². The monoisotopic (exact) mass is 263 g/mol. The van der Waals surface area contributed by atoms with E-state index >= 15 is 0 Å². The molecule has 0 bridgehead atoms. The molecule has 3 heteroatoms. The normalized spacial score (nSPS) is 10.2. The van der Waals surface area contributed by atoms with Gasteiger partial charge in [-0.15, -0.1) is 11.8 Å². The maximum absolute atomic E-state index is 6.09. The molecule has 0 saturated heterocycles. The van der Waals surface area contributed by atoms with Crippen LogP contribution in [-0.2, 0) is 6.54 Å². The van der Waals surface area contributed by atoms with E-state index < -0.39 is 0 Å². The summed E-state index contributed by atoms with van der Waals surface area (Å²) in [5, 5.41) is 4.17. The highest BCUT2D eigenvalue weighted by atomic mass is 35.5. The Morgan fingerprint density at radius 3 is 2.41 bits per heavy atom. The first kappa shape index (κ1) is 12.3. The van der Waals surface area contributed by atoms with Crippen molar-refractivity contribution >= 4 is 29.1 Å². The molecule has 1 nitrogen and oxygen atoms in total. The predicted octanol–water partition coefficient (Wildman–Crippen LogP) is 4.67. The van der Waals surface area contributed by atoms with Crippen LogP contribution < -0.4 is 5.32 Å². The summed E-state index contributed by atoms with van der Waals surface area (Å²) in [5.41, 5.74) is 2.23. The molecule has 0 unspecified atom stereocenters. The molecule has 0 aliphatic rings. The van der Waals surface area contributed by atoms with Gasteiger partial charge in [0.15, 0.2) is 0 Å². The summed E-state index contributed by atoms with van der Waals surface area (Å²) in [6.07, 6.45) is 2.08. The molecule has 0 aliphatic carbocycles. The zero-order valence-electron chi connectivity index (χ0n) is 9.61. The third kappa shape index (κ3) is 3.42. The van der Waals surface area contributed by atoms with Crippen LogP contribution in [0.5, 0.6) is 0 Å². The number of hydrogen-bond acceptors (Lipinski definition) is 2. The van der Waals surface area contributed by atoms with Gasteiger partial charge in [0.2, 0.25) is 0 Å². The minimum absolute atomic E-state index is 0.748. The molecular formula is C14H14ClNS. The lowest BCUT2D eigenvalue weighted by atomic mass is 10.2. The summed E-state index contributed by atoms with van der Waals surface area (Å²) in [5.74, 6) is 0. The summed E-state index contributed by atoms with van der Waals surface area (Å²) < 4.78 is 0. The summed E-state index contributed by atoms with van der Waals surface area (Å²) in [4.78, 5) is 1.27. The first-order chi connectivity index (χ1) is 8.29. The van der Waals surface area contributed by atoms with Gasteiger partial charge >= 0.3 is 0 Å². The Balaban J connectivity index is 2.00. The van der Waals surface area contributed by atoms with Crippen LogP contribution in [0.25, 0.3) is 0 Å². The van der Waals surface area contributed by atoms with E-state index in [9.17, 15) is 0 Å². The minimum atomic E-state index is 0.748. The first-order valence-corrected chi connectivity index (χ1v) is 7.01. The maximum atomic E-state index is 6.09. The smallest absolute Gasteiger partial charge is 0.0455 e. The Hall–Kier alpha value is -1.12. The number of thioether (sulfide) groups is 1. The van der Waals surface area contributed by atoms with Crippen molar-refractivity contribution in [2.45, 2.75) is 11.4 Å². The molecule has 0 radical (unpaired) electrons. The van der Waals surface area contributed by atoms with Gasteiger partial charge in [-0.1, -0.05) is 29.8 Å². The van der Waals surface area contributed by atoms with E-state index in [-0.39, 0.29) is 0 Å². The number of rotatable bonds is 4. The molecule has 0 atom stereocenters. The molecule has 1 N–H and O–H groups in total. The van der Waals surface area contributed by atoms with Crippen molar-refractivity contribution < 1.29 is 0 Å². The highest BCUT2D eigenvalue weighted by molar-refractivity contribution is 7.98. The van der Waals surface area contributed by atoms with Crippen LogP contribution in [0.15, 0.2) is 53.4 Å². The highest BCUT2D eigenvalue weighted by Gasteiger charge is 1.98. The number of benzene rings is 2. The molecule has 0 saturated carbocycles. The second kappa shape index (κ2) is 5.99. The average molecular weight is 264 g/mol. The van der Waals surface area contributed by atoms with Crippen LogP contribution in [-0.4, -0.2) is 6.26 Å². The fraction of sp³-hybridized carbons (Fsp3) is 0.143. The van der Waals surface area contributed by atoms with E-state index in [4.69, 9.17) is 11.6 Å².